The van der Waals surface area contributed by atoms with E-state index in [1.165, 1.54) is 7.11 Å². The Morgan fingerprint density at radius 2 is 1.54 bits per heavy atom. The average Bonchev–Trinajstić information content (AvgIpc) is 3.89. The summed E-state index contributed by atoms with van der Waals surface area (Å²) in [6.07, 6.45) is -0.175. The molecule has 3 atom stereocenters. The molecule has 0 aromatic heterocycles. The first-order chi connectivity index (χ1) is 34.1. The molecule has 1 aliphatic carbocycles. The lowest BCUT2D eigenvalue weighted by atomic mass is 9.98. The Morgan fingerprint density at radius 3 is 2.18 bits per heavy atom. The van der Waals surface area contributed by atoms with Gasteiger partial charge in [0.25, 0.3) is 10.0 Å². The van der Waals surface area contributed by atoms with Crippen molar-refractivity contribution in [2.24, 2.45) is 10.7 Å². The van der Waals surface area contributed by atoms with Gasteiger partial charge in [0, 0.05) is 38.2 Å². The van der Waals surface area contributed by atoms with Crippen molar-refractivity contribution in [1.29, 1.82) is 0 Å². The highest BCUT2D eigenvalue weighted by Crippen LogP contribution is 2.44. The van der Waals surface area contributed by atoms with E-state index in [0.717, 1.165) is 27.8 Å². The van der Waals surface area contributed by atoms with Gasteiger partial charge in [0.2, 0.25) is 17.8 Å². The van der Waals surface area contributed by atoms with Crippen LogP contribution in [0.15, 0.2) is 94.8 Å². The molecule has 0 spiro atoms. The molecule has 4 aromatic rings. The van der Waals surface area contributed by atoms with Crippen LogP contribution in [-0.4, -0.2) is 116 Å². The number of likely N-dealkylation sites (tertiary alicyclic amines) is 1. The van der Waals surface area contributed by atoms with Crippen molar-refractivity contribution >= 4 is 48.2 Å². The van der Waals surface area contributed by atoms with E-state index in [1.807, 2.05) is 59.5 Å². The lowest BCUT2D eigenvalue weighted by Gasteiger charge is -2.37. The minimum Gasteiger partial charge on any atom is -0.496 e. The molecule has 388 valence electrons. The molecule has 1 saturated heterocycles. The Bertz CT molecular complexity index is 2690. The second-order valence-corrected chi connectivity index (χ2v) is 26.4. The number of amides is 3. The molecule has 0 radical (unpaired) electrons. The number of nitrogens with one attached hydrogen (secondary N) is 4. The van der Waals surface area contributed by atoms with Gasteiger partial charge in [-0.3, -0.25) is 24.3 Å². The van der Waals surface area contributed by atoms with Crippen molar-refractivity contribution < 1.29 is 46.2 Å². The molecule has 6 N–H and O–H groups in total. The number of rotatable bonds is 21. The average molecular weight is 1030 g/mol. The van der Waals surface area contributed by atoms with Crippen molar-refractivity contribution in [3.05, 3.63) is 118 Å². The topological polar surface area (TPSA) is 229 Å². The van der Waals surface area contributed by atoms with E-state index in [9.17, 15) is 27.6 Å². The van der Waals surface area contributed by atoms with Crippen LogP contribution in [0, 0.1) is 20.8 Å². The second-order valence-electron chi connectivity index (χ2n) is 19.9. The summed E-state index contributed by atoms with van der Waals surface area (Å²) >= 11 is 0. The van der Waals surface area contributed by atoms with Gasteiger partial charge in [-0.05, 0) is 109 Å². The Balaban J connectivity index is 1.14. The van der Waals surface area contributed by atoms with Crippen LogP contribution >= 0.6 is 0 Å². The Hall–Kier alpha value is -6.28. The number of alkyl carbamates (subject to hydrolysis) is 1. The lowest BCUT2D eigenvalue weighted by Crippen LogP contribution is -2.53. The smallest absolute Gasteiger partial charge is 0.407 e. The Labute approximate surface area is 425 Å². The van der Waals surface area contributed by atoms with Crippen LogP contribution in [0.2, 0.25) is 18.1 Å². The largest absolute Gasteiger partial charge is 0.496 e. The minimum absolute atomic E-state index is 0.0119. The SMILES string of the molecule is COc1cc(C)c(S(=O)(=O)NC(N)=NCCC[C@H](NC(=O)[C@@H]2C[C@H](NC(=O)OCC3c4ccccc4-c4ccccc43)CN2CCO[Si](C)(C)C(C)(C)C)C(=O)NCC(=O)OCc2ccccc2)c(C)c1C. The quantitative estimate of drug-likeness (QED) is 0.0203. The van der Waals surface area contributed by atoms with Crippen molar-refractivity contribution in [1.82, 2.24) is 25.6 Å². The number of ether oxygens (including phenoxy) is 3. The van der Waals surface area contributed by atoms with Crippen LogP contribution in [0.4, 0.5) is 4.79 Å². The summed E-state index contributed by atoms with van der Waals surface area (Å²) in [6, 6.07) is 24.5. The molecule has 1 aliphatic heterocycles. The number of guanidine groups is 1. The number of nitrogens with zero attached hydrogens (tertiary/aromatic N) is 2. The summed E-state index contributed by atoms with van der Waals surface area (Å²) in [6.45, 7) is 16.6. The number of esters is 1. The molecule has 0 bridgehead atoms. The first-order valence-electron chi connectivity index (χ1n) is 24.3. The molecule has 2 aliphatic rings. The third kappa shape index (κ3) is 13.8. The molecule has 17 nitrogen and oxygen atoms in total. The third-order valence-electron chi connectivity index (χ3n) is 13.9. The zero-order valence-corrected chi connectivity index (χ0v) is 44.7. The van der Waals surface area contributed by atoms with Crippen molar-refractivity contribution in [2.45, 2.75) is 114 Å². The van der Waals surface area contributed by atoms with Crippen LogP contribution in [0.3, 0.4) is 0 Å². The highest BCUT2D eigenvalue weighted by atomic mass is 32.2. The van der Waals surface area contributed by atoms with E-state index in [2.05, 4.69) is 83.8 Å². The van der Waals surface area contributed by atoms with Crippen molar-refractivity contribution in [3.63, 3.8) is 0 Å². The number of nitrogens with two attached hydrogens (primary N) is 1. The highest BCUT2D eigenvalue weighted by molar-refractivity contribution is 7.90. The first kappa shape index (κ1) is 55.0. The molecule has 3 amide bonds. The van der Waals surface area contributed by atoms with Gasteiger partial charge in [-0.25, -0.2) is 17.9 Å². The highest BCUT2D eigenvalue weighted by Gasteiger charge is 2.41. The molecule has 0 saturated carbocycles. The summed E-state index contributed by atoms with van der Waals surface area (Å²) in [5.41, 5.74) is 12.9. The molecule has 0 unspecified atom stereocenters. The summed E-state index contributed by atoms with van der Waals surface area (Å²) < 4.78 is 52.5. The number of aryl methyl sites for hydroxylation is 1. The van der Waals surface area contributed by atoms with E-state index >= 15 is 0 Å². The zero-order chi connectivity index (χ0) is 52.4. The maximum absolute atomic E-state index is 14.5. The predicted molar refractivity (Wildman–Crippen MR) is 280 cm³/mol. The fourth-order valence-corrected chi connectivity index (χ4v) is 11.5. The van der Waals surface area contributed by atoms with Gasteiger partial charge in [0.15, 0.2) is 8.32 Å². The van der Waals surface area contributed by atoms with Gasteiger partial charge in [0.05, 0.1) is 18.0 Å². The summed E-state index contributed by atoms with van der Waals surface area (Å²) in [7, 11) is -4.79. The van der Waals surface area contributed by atoms with E-state index in [4.69, 9.17) is 24.4 Å². The van der Waals surface area contributed by atoms with Crippen LogP contribution < -0.4 is 31.1 Å². The predicted octanol–water partition coefficient (Wildman–Crippen LogP) is 6.34. The molecular weight excluding hydrogens is 955 g/mol. The maximum atomic E-state index is 14.5. The second kappa shape index (κ2) is 24.0. The van der Waals surface area contributed by atoms with Crippen molar-refractivity contribution in [2.75, 3.05) is 46.5 Å². The van der Waals surface area contributed by atoms with Crippen LogP contribution in [0.1, 0.15) is 79.3 Å². The monoisotopic (exact) mass is 1030 g/mol. The molecule has 4 aromatic carbocycles. The van der Waals surface area contributed by atoms with Gasteiger partial charge in [-0.2, -0.15) is 0 Å². The molecule has 19 heteroatoms. The number of carbonyl (C=O) groups is 4. The number of methoxy groups -OCH3 is 1. The van der Waals surface area contributed by atoms with Gasteiger partial charge in [-0.1, -0.05) is 99.6 Å². The zero-order valence-electron chi connectivity index (χ0n) is 42.9. The number of hydrogen-bond donors (Lipinski definition) is 5. The number of hydrogen-bond acceptors (Lipinski definition) is 12. The number of carbonyl (C=O) groups excluding carboxylic acids is 4. The minimum atomic E-state index is -4.14. The number of benzene rings is 4. The normalized spacial score (nSPS) is 16.5. The number of fused-ring (bicyclic) bond motifs is 3. The molecule has 1 fully saturated rings. The first-order valence-corrected chi connectivity index (χ1v) is 28.7. The van der Waals surface area contributed by atoms with E-state index in [-0.39, 0.29) is 60.8 Å². The van der Waals surface area contributed by atoms with Gasteiger partial charge < -0.3 is 40.3 Å². The van der Waals surface area contributed by atoms with Crippen molar-refractivity contribution in [3.8, 4) is 16.9 Å². The Kier molecular flexibility index (Phi) is 18.3. The van der Waals surface area contributed by atoms with E-state index in [1.54, 1.807) is 26.8 Å². The number of aliphatic imine (C=N–C) groups is 1. The third-order valence-corrected chi connectivity index (χ3v) is 20.1. The maximum Gasteiger partial charge on any atom is 0.407 e. The Morgan fingerprint density at radius 1 is 0.903 bits per heavy atom. The van der Waals surface area contributed by atoms with E-state index < -0.39 is 66.9 Å². The summed E-state index contributed by atoms with van der Waals surface area (Å²) in [5.74, 6) is -1.72. The van der Waals surface area contributed by atoms with Gasteiger partial charge in [0.1, 0.15) is 31.5 Å². The molecule has 72 heavy (non-hydrogen) atoms. The lowest BCUT2D eigenvalue weighted by molar-refractivity contribution is -0.145. The van der Waals surface area contributed by atoms with Crippen LogP contribution in [0.5, 0.6) is 5.75 Å². The number of sulfonamides is 1. The molecule has 1 heterocycles. The fraction of sp³-hybridized carbons (Fsp3) is 0.453. The van der Waals surface area contributed by atoms with Crippen LogP contribution in [-0.2, 0) is 44.9 Å². The van der Waals surface area contributed by atoms with Gasteiger partial charge >= 0.3 is 12.1 Å². The standard InChI is InChI=1S/C53H71N7O10SSi/c1-34-28-46(67-7)35(2)36(3)48(34)71(65,66)59-51(54)55-25-17-24-44(49(62)56-30-47(61)68-32-37-18-11-10-12-19-37)58-50(63)45-29-38(31-60(45)26-27-70-72(8,9)53(4,5)6)57-52(64)69-33-43-41-22-15-13-20-39(41)40-21-14-16-23-42(40)43/h10-16,18-23,28,38,43-45H,17,24-27,29-33H2,1-9H3,(H,56,62)(H,57,64)(H,58,63)(H3,54,55,59)/t38-,44-,45-/m0/s1. The van der Waals surface area contributed by atoms with E-state index in [0.29, 0.717) is 42.1 Å². The summed E-state index contributed by atoms with van der Waals surface area (Å²) in [5, 5.41) is 8.46. The molecular formula is C53H71N7O10SSi. The summed E-state index contributed by atoms with van der Waals surface area (Å²) in [4.78, 5) is 60.9. The van der Waals surface area contributed by atoms with Crippen LogP contribution in [0.25, 0.3) is 11.1 Å². The van der Waals surface area contributed by atoms with Gasteiger partial charge in [-0.15, -0.1) is 0 Å². The molecule has 6 rings (SSSR count). The fourth-order valence-electron chi connectivity index (χ4n) is 8.94.